The van der Waals surface area contributed by atoms with Gasteiger partial charge in [0.05, 0.1) is 22.5 Å². The van der Waals surface area contributed by atoms with Crippen molar-refractivity contribution >= 4 is 61.1 Å². The molecular formula is C21H25IN4OS. The van der Waals surface area contributed by atoms with Gasteiger partial charge in [-0.15, -0.1) is 10.2 Å². The summed E-state index contributed by atoms with van der Waals surface area (Å²) in [7, 11) is 2.13. The van der Waals surface area contributed by atoms with E-state index in [1.165, 1.54) is 30.5 Å². The number of hydrogen-bond donors (Lipinski definition) is 0. The average molecular weight is 508 g/mol. The van der Waals surface area contributed by atoms with Crippen LogP contribution in [0.25, 0.3) is 10.2 Å². The molecule has 0 saturated carbocycles. The molecule has 0 N–H and O–H groups in total. The molecule has 3 aromatic rings. The van der Waals surface area contributed by atoms with Gasteiger partial charge in [-0.2, -0.15) is 0 Å². The topological polar surface area (TPSA) is 50.1 Å². The maximum atomic E-state index is 5.06. The first-order chi connectivity index (χ1) is 13.7. The van der Waals surface area contributed by atoms with Crippen LogP contribution in [-0.2, 0) is 3.07 Å². The molecule has 5 nitrogen and oxygen atoms in total. The quantitative estimate of drug-likeness (QED) is 0.163. The molecule has 0 aliphatic rings. The maximum Gasteiger partial charge on any atom is 0.231 e. The van der Waals surface area contributed by atoms with Crippen LogP contribution < -0.4 is 4.90 Å². The molecule has 0 saturated heterocycles. The fourth-order valence-corrected chi connectivity index (χ4v) is 4.12. The zero-order valence-corrected chi connectivity index (χ0v) is 19.2. The predicted octanol–water partition coefficient (Wildman–Crippen LogP) is 7.38. The molecule has 0 fully saturated rings. The van der Waals surface area contributed by atoms with Gasteiger partial charge in [0.2, 0.25) is 5.13 Å². The number of benzene rings is 2. The minimum Gasteiger partial charge on any atom is -0.375 e. The number of aryl methyl sites for hydroxylation is 1. The number of halogens is 1. The Bertz CT molecular complexity index is 910. The van der Waals surface area contributed by atoms with E-state index < -0.39 is 0 Å². The standard InChI is InChI=1S/C21H25IN4OS/c1-16-7-12-19-20(15-16)28-21(23-19)25-24-17-8-10-18(11-9-17)26(2)13-5-3-4-6-14-27-22/h7-12,15H,3-6,13-14H2,1-2H3. The van der Waals surface area contributed by atoms with Crippen LogP contribution in [0.2, 0.25) is 0 Å². The molecule has 0 atom stereocenters. The van der Waals surface area contributed by atoms with E-state index in [1.54, 1.807) is 11.3 Å². The van der Waals surface area contributed by atoms with Gasteiger partial charge in [0, 0.05) is 19.3 Å². The minimum absolute atomic E-state index is 0.690. The van der Waals surface area contributed by atoms with E-state index in [2.05, 4.69) is 58.3 Å². The second-order valence-electron chi connectivity index (χ2n) is 6.83. The molecule has 7 heteroatoms. The van der Waals surface area contributed by atoms with E-state index in [4.69, 9.17) is 3.07 Å². The van der Waals surface area contributed by atoms with Gasteiger partial charge < -0.3 is 7.97 Å². The number of azo groups is 1. The average Bonchev–Trinajstić information content (AvgIpc) is 3.11. The summed E-state index contributed by atoms with van der Waals surface area (Å²) in [5.41, 5.74) is 4.24. The Morgan fingerprint density at radius 1 is 1.04 bits per heavy atom. The number of anilines is 1. The second kappa shape index (κ2) is 10.8. The van der Waals surface area contributed by atoms with Gasteiger partial charge in [-0.05, 0) is 61.7 Å². The maximum absolute atomic E-state index is 5.06. The highest BCUT2D eigenvalue weighted by Crippen LogP contribution is 2.30. The zero-order chi connectivity index (χ0) is 19.8. The lowest BCUT2D eigenvalue weighted by Gasteiger charge is -2.19. The lowest BCUT2D eigenvalue weighted by atomic mass is 10.2. The van der Waals surface area contributed by atoms with Crippen molar-refractivity contribution in [3.05, 3.63) is 48.0 Å². The van der Waals surface area contributed by atoms with Gasteiger partial charge in [-0.1, -0.05) is 30.2 Å². The van der Waals surface area contributed by atoms with Crippen LogP contribution in [0.4, 0.5) is 16.5 Å². The highest BCUT2D eigenvalue weighted by molar-refractivity contribution is 14.1. The van der Waals surface area contributed by atoms with E-state index in [1.807, 2.05) is 41.2 Å². The third-order valence-electron chi connectivity index (χ3n) is 4.54. The van der Waals surface area contributed by atoms with E-state index in [9.17, 15) is 0 Å². The van der Waals surface area contributed by atoms with Gasteiger partial charge >= 0.3 is 0 Å². The highest BCUT2D eigenvalue weighted by Gasteiger charge is 2.04. The molecule has 2 aromatic carbocycles. The molecule has 0 aliphatic carbocycles. The molecule has 0 spiro atoms. The van der Waals surface area contributed by atoms with Crippen molar-refractivity contribution in [2.75, 3.05) is 25.1 Å². The summed E-state index contributed by atoms with van der Waals surface area (Å²) in [4.78, 5) is 6.80. The first-order valence-electron chi connectivity index (χ1n) is 9.49. The SMILES string of the molecule is Cc1ccc2nc(N=Nc3ccc(N(C)CCCCCCOI)cc3)sc2c1. The summed E-state index contributed by atoms with van der Waals surface area (Å²) in [5.74, 6) is 0. The number of hydrogen-bond acceptors (Lipinski definition) is 6. The number of rotatable bonds is 10. The molecule has 3 rings (SSSR count). The monoisotopic (exact) mass is 508 g/mol. The van der Waals surface area contributed by atoms with Crippen LogP contribution in [0, 0.1) is 6.92 Å². The van der Waals surface area contributed by atoms with Gasteiger partial charge in [-0.3, -0.25) is 0 Å². The first-order valence-corrected chi connectivity index (χ1v) is 11.2. The fourth-order valence-electron chi connectivity index (χ4n) is 2.92. The summed E-state index contributed by atoms with van der Waals surface area (Å²) in [6.45, 7) is 3.99. The molecule has 1 aromatic heterocycles. The number of aromatic nitrogens is 1. The molecule has 0 unspecified atom stereocenters. The van der Waals surface area contributed by atoms with Crippen LogP contribution in [0.3, 0.4) is 0 Å². The summed E-state index contributed by atoms with van der Waals surface area (Å²) >= 11 is 3.52. The fraction of sp³-hybridized carbons (Fsp3) is 0.381. The molecule has 0 bridgehead atoms. The molecule has 148 valence electrons. The van der Waals surface area contributed by atoms with Crippen LogP contribution in [0.5, 0.6) is 0 Å². The van der Waals surface area contributed by atoms with Crippen molar-refractivity contribution in [1.82, 2.24) is 4.98 Å². The van der Waals surface area contributed by atoms with Crippen LogP contribution in [0.15, 0.2) is 52.7 Å². The molecule has 0 aliphatic heterocycles. The van der Waals surface area contributed by atoms with Gasteiger partial charge in [0.15, 0.2) is 0 Å². The summed E-state index contributed by atoms with van der Waals surface area (Å²) in [6.07, 6.45) is 4.79. The van der Waals surface area contributed by atoms with E-state index in [-0.39, 0.29) is 0 Å². The predicted molar refractivity (Wildman–Crippen MR) is 127 cm³/mol. The van der Waals surface area contributed by atoms with Crippen molar-refractivity contribution in [1.29, 1.82) is 0 Å². The Hall–Kier alpha value is -1.58. The number of unbranched alkanes of at least 4 members (excludes halogenated alkanes) is 3. The van der Waals surface area contributed by atoms with Crippen molar-refractivity contribution < 1.29 is 3.07 Å². The Morgan fingerprint density at radius 2 is 1.82 bits per heavy atom. The van der Waals surface area contributed by atoms with E-state index in [0.717, 1.165) is 35.5 Å². The number of nitrogens with zero attached hydrogens (tertiary/aromatic N) is 4. The van der Waals surface area contributed by atoms with E-state index >= 15 is 0 Å². The Morgan fingerprint density at radius 3 is 2.61 bits per heavy atom. The Labute approximate surface area is 184 Å². The van der Waals surface area contributed by atoms with Crippen LogP contribution in [0.1, 0.15) is 31.2 Å². The molecule has 0 radical (unpaired) electrons. The van der Waals surface area contributed by atoms with Gasteiger partial charge in [-0.25, -0.2) is 4.98 Å². The van der Waals surface area contributed by atoms with Gasteiger partial charge in [0.1, 0.15) is 23.0 Å². The minimum atomic E-state index is 0.690. The molecule has 28 heavy (non-hydrogen) atoms. The van der Waals surface area contributed by atoms with Gasteiger partial charge in [0.25, 0.3) is 0 Å². The Kier molecular flexibility index (Phi) is 8.17. The van der Waals surface area contributed by atoms with Crippen molar-refractivity contribution in [2.24, 2.45) is 10.2 Å². The van der Waals surface area contributed by atoms with Crippen molar-refractivity contribution in [3.8, 4) is 0 Å². The van der Waals surface area contributed by atoms with Crippen molar-refractivity contribution in [3.63, 3.8) is 0 Å². The number of fused-ring (bicyclic) bond motifs is 1. The first kappa shape index (κ1) is 21.1. The number of thiazole rings is 1. The van der Waals surface area contributed by atoms with E-state index in [0.29, 0.717) is 5.13 Å². The summed E-state index contributed by atoms with van der Waals surface area (Å²) in [6, 6.07) is 14.4. The largest absolute Gasteiger partial charge is 0.375 e. The lowest BCUT2D eigenvalue weighted by molar-refractivity contribution is 0.401. The second-order valence-corrected chi connectivity index (χ2v) is 8.46. The highest BCUT2D eigenvalue weighted by atomic mass is 127. The summed E-state index contributed by atoms with van der Waals surface area (Å²) in [5, 5.41) is 9.34. The molecule has 0 amide bonds. The van der Waals surface area contributed by atoms with Crippen molar-refractivity contribution in [2.45, 2.75) is 32.6 Å². The summed E-state index contributed by atoms with van der Waals surface area (Å²) < 4.78 is 6.20. The molecular weight excluding hydrogens is 483 g/mol. The third kappa shape index (κ3) is 6.22. The van der Waals surface area contributed by atoms with Crippen LogP contribution >= 0.6 is 34.3 Å². The van der Waals surface area contributed by atoms with Crippen LogP contribution in [-0.4, -0.2) is 25.2 Å². The smallest absolute Gasteiger partial charge is 0.231 e. The molecule has 1 heterocycles. The Balaban J connectivity index is 1.52. The lowest BCUT2D eigenvalue weighted by Crippen LogP contribution is -2.18. The zero-order valence-electron chi connectivity index (χ0n) is 16.3. The third-order valence-corrected chi connectivity index (χ3v) is 5.88. The normalized spacial score (nSPS) is 11.5.